The molecule has 1 unspecified atom stereocenters. The van der Waals surface area contributed by atoms with Gasteiger partial charge in [-0.3, -0.25) is 9.08 Å². The third-order valence-electron chi connectivity index (χ3n) is 2.09. The molecule has 1 aliphatic heterocycles. The van der Waals surface area contributed by atoms with Crippen molar-refractivity contribution in [2.75, 3.05) is 14.2 Å². The Balaban J connectivity index is 0. The van der Waals surface area contributed by atoms with Crippen molar-refractivity contribution in [1.29, 1.82) is 0 Å². The lowest BCUT2D eigenvalue weighted by molar-refractivity contribution is -0.709. The Labute approximate surface area is 144 Å². The zero-order chi connectivity index (χ0) is 20.1. The van der Waals surface area contributed by atoms with E-state index in [1.807, 2.05) is 37.4 Å². The Morgan fingerprint density at radius 1 is 1.36 bits per heavy atom. The fourth-order valence-electron chi connectivity index (χ4n) is 1.05. The summed E-state index contributed by atoms with van der Waals surface area (Å²) in [6.45, 7) is 3.18. The quantitative estimate of drug-likeness (QED) is 0.247. The zero-order valence-corrected chi connectivity index (χ0v) is 15.0. The SMILES string of the molecule is CCn1cc[n+](C)c1.COS(=O)(=O)[O-].C[NH+]1C=CN=C1.F[B-](F)(F)F. The highest BCUT2D eigenvalue weighted by atomic mass is 32.3. The Hall–Kier alpha value is -1.77. The molecule has 2 rings (SSSR count). The number of hydrogen-bond acceptors (Lipinski definition) is 5. The Kier molecular flexibility index (Phi) is 12.8. The van der Waals surface area contributed by atoms with Gasteiger partial charge in [0.25, 0.3) is 0 Å². The average molecular weight is 392 g/mol. The van der Waals surface area contributed by atoms with Gasteiger partial charge in [-0.2, -0.15) is 0 Å². The van der Waals surface area contributed by atoms with E-state index >= 15 is 0 Å². The van der Waals surface area contributed by atoms with Crippen LogP contribution in [0.1, 0.15) is 6.92 Å². The number of aliphatic imine (C=N–C) groups is 1. The van der Waals surface area contributed by atoms with Crippen LogP contribution in [0, 0.1) is 0 Å². The number of aromatic nitrogens is 2. The molecule has 0 radical (unpaired) electrons. The van der Waals surface area contributed by atoms with Crippen LogP contribution in [0.15, 0.2) is 36.1 Å². The van der Waals surface area contributed by atoms with Crippen molar-refractivity contribution in [3.05, 3.63) is 31.1 Å². The van der Waals surface area contributed by atoms with E-state index in [1.165, 1.54) is 4.90 Å². The molecular weight excluding hydrogens is 371 g/mol. The van der Waals surface area contributed by atoms with Gasteiger partial charge in [-0.1, -0.05) is 0 Å². The summed E-state index contributed by atoms with van der Waals surface area (Å²) in [5, 5.41) is 0. The third kappa shape index (κ3) is 24.6. The maximum absolute atomic E-state index is 9.75. The van der Waals surface area contributed by atoms with Crippen molar-refractivity contribution in [3.8, 4) is 0 Å². The maximum Gasteiger partial charge on any atom is 0.673 e. The molecule has 1 atom stereocenters. The fraction of sp³-hybridized carbons (Fsp3) is 0.455. The van der Waals surface area contributed by atoms with Crippen LogP contribution in [0.5, 0.6) is 0 Å². The zero-order valence-electron chi connectivity index (χ0n) is 14.1. The Bertz CT molecular complexity index is 616. The molecule has 0 fully saturated rings. The van der Waals surface area contributed by atoms with Gasteiger partial charge in [0.1, 0.15) is 18.6 Å². The van der Waals surface area contributed by atoms with Crippen LogP contribution in [-0.2, 0) is 28.2 Å². The first-order valence-electron chi connectivity index (χ1n) is 6.71. The summed E-state index contributed by atoms with van der Waals surface area (Å²) in [7, 11) is -5.56. The molecule has 0 spiro atoms. The van der Waals surface area contributed by atoms with E-state index in [2.05, 4.69) is 33.2 Å². The first-order chi connectivity index (χ1) is 11.3. The number of hydrogen-bond donors (Lipinski definition) is 1. The summed E-state index contributed by atoms with van der Waals surface area (Å²) in [5.74, 6) is 0. The van der Waals surface area contributed by atoms with Crippen LogP contribution in [0.4, 0.5) is 17.3 Å². The highest BCUT2D eigenvalue weighted by Gasteiger charge is 2.20. The van der Waals surface area contributed by atoms with Gasteiger partial charge in [0, 0.05) is 0 Å². The first kappa shape index (κ1) is 25.5. The van der Waals surface area contributed by atoms with Crippen molar-refractivity contribution in [2.45, 2.75) is 13.5 Å². The number of nitrogens with zero attached hydrogens (tertiary/aromatic N) is 3. The summed E-state index contributed by atoms with van der Waals surface area (Å²) in [5.41, 5.74) is 0. The molecule has 0 saturated heterocycles. The van der Waals surface area contributed by atoms with Crippen LogP contribution in [0.2, 0.25) is 0 Å². The number of rotatable bonds is 2. The van der Waals surface area contributed by atoms with E-state index in [9.17, 15) is 30.2 Å². The van der Waals surface area contributed by atoms with Gasteiger partial charge in [0.2, 0.25) is 16.7 Å². The third-order valence-corrected chi connectivity index (χ3v) is 2.50. The summed E-state index contributed by atoms with van der Waals surface area (Å²) >= 11 is 0. The summed E-state index contributed by atoms with van der Waals surface area (Å²) < 4.78 is 74.2. The number of halogens is 4. The van der Waals surface area contributed by atoms with Gasteiger partial charge < -0.3 is 21.8 Å². The van der Waals surface area contributed by atoms with Gasteiger partial charge in [-0.05, 0) is 6.92 Å². The minimum atomic E-state index is -6.00. The van der Waals surface area contributed by atoms with Gasteiger partial charge >= 0.3 is 7.25 Å². The fourth-order valence-corrected chi connectivity index (χ4v) is 1.05. The predicted octanol–water partition coefficient (Wildman–Crippen LogP) is -0.260. The van der Waals surface area contributed by atoms with E-state index in [4.69, 9.17) is 0 Å². The average Bonchev–Trinajstić information content (AvgIpc) is 3.08. The van der Waals surface area contributed by atoms with Crippen LogP contribution in [0.3, 0.4) is 0 Å². The van der Waals surface area contributed by atoms with Crippen molar-refractivity contribution >= 4 is 24.0 Å². The van der Waals surface area contributed by atoms with Gasteiger partial charge in [0.15, 0.2) is 6.34 Å². The molecule has 1 aromatic rings. The second-order valence-corrected chi connectivity index (χ2v) is 5.47. The van der Waals surface area contributed by atoms with E-state index in [-0.39, 0.29) is 0 Å². The van der Waals surface area contributed by atoms with Crippen LogP contribution < -0.4 is 9.47 Å². The van der Waals surface area contributed by atoms with E-state index in [1.54, 1.807) is 6.20 Å². The molecule has 0 saturated carbocycles. The van der Waals surface area contributed by atoms with Crippen molar-refractivity contribution < 1.29 is 43.9 Å². The van der Waals surface area contributed by atoms with Gasteiger partial charge in [0.05, 0.1) is 33.9 Å². The number of imidazole rings is 1. The van der Waals surface area contributed by atoms with E-state index < -0.39 is 17.7 Å². The summed E-state index contributed by atoms with van der Waals surface area (Å²) in [6.07, 6.45) is 11.7. The van der Waals surface area contributed by atoms with Crippen LogP contribution in [0.25, 0.3) is 0 Å². The van der Waals surface area contributed by atoms with E-state index in [0.29, 0.717) is 0 Å². The number of aryl methyl sites for hydroxylation is 2. The molecule has 146 valence electrons. The monoisotopic (exact) mass is 392 g/mol. The van der Waals surface area contributed by atoms with Crippen LogP contribution >= 0.6 is 0 Å². The van der Waals surface area contributed by atoms with Crippen molar-refractivity contribution in [2.24, 2.45) is 12.0 Å². The highest BCUT2D eigenvalue weighted by molar-refractivity contribution is 7.80. The van der Waals surface area contributed by atoms with Crippen molar-refractivity contribution in [3.63, 3.8) is 0 Å². The molecule has 1 aliphatic rings. The molecule has 0 aromatic carbocycles. The lowest BCUT2D eigenvalue weighted by Crippen LogP contribution is -3.01. The lowest BCUT2D eigenvalue weighted by atomic mass is 10.3. The first-order valence-corrected chi connectivity index (χ1v) is 8.04. The molecule has 1 aromatic heterocycles. The highest BCUT2D eigenvalue weighted by Crippen LogP contribution is 2.06. The normalized spacial score (nSPS) is 15.3. The lowest BCUT2D eigenvalue weighted by Gasteiger charge is -1.98. The Morgan fingerprint density at radius 3 is 1.96 bits per heavy atom. The maximum atomic E-state index is 9.75. The number of quaternary nitrogens is 1. The van der Waals surface area contributed by atoms with Gasteiger partial charge in [-0.15, -0.1) is 0 Å². The minimum Gasteiger partial charge on any atom is -0.726 e. The molecule has 1 N–H and O–H groups in total. The molecule has 25 heavy (non-hydrogen) atoms. The molecule has 2 heterocycles. The largest absolute Gasteiger partial charge is 0.726 e. The molecule has 0 bridgehead atoms. The van der Waals surface area contributed by atoms with Gasteiger partial charge in [-0.25, -0.2) is 22.5 Å². The molecule has 14 heteroatoms. The predicted molar refractivity (Wildman–Crippen MR) is 82.7 cm³/mol. The Morgan fingerprint density at radius 2 is 1.84 bits per heavy atom. The second kappa shape index (κ2) is 12.6. The molecule has 8 nitrogen and oxygen atoms in total. The summed E-state index contributed by atoms with van der Waals surface area (Å²) in [4.78, 5) is 5.05. The number of nitrogens with one attached hydrogen (secondary N) is 1. The van der Waals surface area contributed by atoms with E-state index in [0.717, 1.165) is 13.7 Å². The molecular formula is C11H21BF4N4O4S. The van der Waals surface area contributed by atoms with Crippen molar-refractivity contribution in [1.82, 2.24) is 4.57 Å². The molecule has 0 amide bonds. The summed E-state index contributed by atoms with van der Waals surface area (Å²) in [6, 6.07) is 0. The topological polar surface area (TPSA) is 92.0 Å². The minimum absolute atomic E-state index is 0.808. The van der Waals surface area contributed by atoms with Crippen LogP contribution in [-0.4, -0.2) is 45.3 Å². The molecule has 0 aliphatic carbocycles. The second-order valence-electron chi connectivity index (χ2n) is 4.32. The standard InChI is InChI=1S/C6H11N2.C4H6N2.CH4O4S.BF4/c1-3-8-5-4-7(2)6-8;1-6-3-2-5-4-6;1-5-6(2,3)4;2-1(3,4)5/h4-6H,3H2,1-2H3;2-4H,1H3;1H3,(H,2,3,4);/q+1;;;-1. The smallest absolute Gasteiger partial charge is 0.673 e.